The molecule has 106 valence electrons. The zero-order valence-electron chi connectivity index (χ0n) is 12.5. The van der Waals surface area contributed by atoms with Crippen LogP contribution in [0.4, 0.5) is 0 Å². The van der Waals surface area contributed by atoms with E-state index in [1.807, 2.05) is 0 Å². The lowest BCUT2D eigenvalue weighted by molar-refractivity contribution is -0.0428. The highest BCUT2D eigenvalue weighted by atomic mass is 15.3. The largest absolute Gasteiger partial charge is 0.330 e. The van der Waals surface area contributed by atoms with Gasteiger partial charge in [-0.1, -0.05) is 19.3 Å². The maximum atomic E-state index is 5.77. The Balaban J connectivity index is 2.05. The number of nitrogens with zero attached hydrogens (tertiary/aromatic N) is 2. The average molecular weight is 253 g/mol. The fourth-order valence-corrected chi connectivity index (χ4v) is 3.98. The van der Waals surface area contributed by atoms with E-state index in [0.717, 1.165) is 19.0 Å². The summed E-state index contributed by atoms with van der Waals surface area (Å²) in [4.78, 5) is 5.32. The molecule has 1 atom stereocenters. The highest BCUT2D eigenvalue weighted by molar-refractivity contribution is 4.97. The van der Waals surface area contributed by atoms with E-state index in [4.69, 9.17) is 5.73 Å². The van der Waals surface area contributed by atoms with Gasteiger partial charge in [0.05, 0.1) is 0 Å². The number of nitrogens with two attached hydrogens (primary N) is 1. The van der Waals surface area contributed by atoms with Gasteiger partial charge in [-0.15, -0.1) is 0 Å². The van der Waals surface area contributed by atoms with Crippen molar-refractivity contribution in [1.82, 2.24) is 9.80 Å². The van der Waals surface area contributed by atoms with Crippen molar-refractivity contribution in [3.63, 3.8) is 0 Å². The molecular weight excluding hydrogens is 222 g/mol. The Morgan fingerprint density at radius 2 is 1.83 bits per heavy atom. The molecule has 1 heterocycles. The van der Waals surface area contributed by atoms with E-state index in [1.165, 1.54) is 45.2 Å². The third-order valence-corrected chi connectivity index (χ3v) is 4.96. The second kappa shape index (κ2) is 5.89. The molecule has 0 aromatic rings. The Labute approximate surface area is 113 Å². The van der Waals surface area contributed by atoms with Gasteiger partial charge in [-0.2, -0.15) is 0 Å². The molecular formula is C15H31N3. The minimum Gasteiger partial charge on any atom is -0.330 e. The van der Waals surface area contributed by atoms with E-state index in [-0.39, 0.29) is 0 Å². The van der Waals surface area contributed by atoms with E-state index < -0.39 is 0 Å². The summed E-state index contributed by atoms with van der Waals surface area (Å²) in [5.74, 6) is 0. The molecule has 1 aliphatic heterocycles. The molecule has 1 aliphatic carbocycles. The van der Waals surface area contributed by atoms with Crippen LogP contribution in [0.15, 0.2) is 0 Å². The standard InChI is InChI=1S/C15H31N3/c1-15(2)12-17(3)14(9-10-16)11-18(15)13-7-5-4-6-8-13/h13-14H,4-12,16H2,1-3H3. The first-order chi connectivity index (χ1) is 8.54. The zero-order valence-corrected chi connectivity index (χ0v) is 12.5. The van der Waals surface area contributed by atoms with Crippen LogP contribution in [0.25, 0.3) is 0 Å². The Hall–Kier alpha value is -0.120. The van der Waals surface area contributed by atoms with Crippen LogP contribution in [0.1, 0.15) is 52.4 Å². The predicted molar refractivity (Wildman–Crippen MR) is 77.7 cm³/mol. The molecule has 2 rings (SSSR count). The van der Waals surface area contributed by atoms with Crippen molar-refractivity contribution in [2.75, 3.05) is 26.7 Å². The predicted octanol–water partition coefficient (Wildman–Crippen LogP) is 2.06. The quantitative estimate of drug-likeness (QED) is 0.835. The van der Waals surface area contributed by atoms with Gasteiger partial charge in [0.25, 0.3) is 0 Å². The van der Waals surface area contributed by atoms with E-state index in [2.05, 4.69) is 30.7 Å². The van der Waals surface area contributed by atoms with Gasteiger partial charge < -0.3 is 10.6 Å². The molecule has 18 heavy (non-hydrogen) atoms. The van der Waals surface area contributed by atoms with Gasteiger partial charge in [-0.3, -0.25) is 4.90 Å². The first-order valence-corrected chi connectivity index (χ1v) is 7.71. The normalized spacial score (nSPS) is 31.7. The van der Waals surface area contributed by atoms with Crippen LogP contribution in [-0.4, -0.2) is 54.1 Å². The Morgan fingerprint density at radius 3 is 2.44 bits per heavy atom. The maximum Gasteiger partial charge on any atom is 0.0283 e. The Bertz CT molecular complexity index is 258. The van der Waals surface area contributed by atoms with Crippen molar-refractivity contribution in [2.24, 2.45) is 5.73 Å². The van der Waals surface area contributed by atoms with Crippen molar-refractivity contribution < 1.29 is 0 Å². The van der Waals surface area contributed by atoms with Crippen molar-refractivity contribution >= 4 is 0 Å². The maximum absolute atomic E-state index is 5.77. The Morgan fingerprint density at radius 1 is 1.17 bits per heavy atom. The molecule has 2 aliphatic rings. The summed E-state index contributed by atoms with van der Waals surface area (Å²) in [6, 6.07) is 1.48. The van der Waals surface area contributed by atoms with Crippen LogP contribution in [0.2, 0.25) is 0 Å². The lowest BCUT2D eigenvalue weighted by atomic mass is 9.87. The molecule has 2 fully saturated rings. The third-order valence-electron chi connectivity index (χ3n) is 4.96. The highest BCUT2D eigenvalue weighted by Gasteiger charge is 2.40. The van der Waals surface area contributed by atoms with Gasteiger partial charge >= 0.3 is 0 Å². The number of likely N-dealkylation sites (N-methyl/N-ethyl adjacent to an activating group) is 1. The summed E-state index contributed by atoms with van der Waals surface area (Å²) in [7, 11) is 2.26. The molecule has 0 aromatic carbocycles. The summed E-state index contributed by atoms with van der Waals surface area (Å²) in [6.45, 7) is 8.03. The molecule has 1 saturated carbocycles. The topological polar surface area (TPSA) is 32.5 Å². The SMILES string of the molecule is CN1CC(C)(C)N(C2CCCCC2)CC1CCN. The molecule has 0 bridgehead atoms. The van der Waals surface area contributed by atoms with Crippen LogP contribution in [0.3, 0.4) is 0 Å². The third kappa shape index (κ3) is 3.06. The van der Waals surface area contributed by atoms with E-state index in [9.17, 15) is 0 Å². The fraction of sp³-hybridized carbons (Fsp3) is 1.00. The fourth-order valence-electron chi connectivity index (χ4n) is 3.98. The summed E-state index contributed by atoms with van der Waals surface area (Å²) in [5, 5.41) is 0. The average Bonchev–Trinajstić information content (AvgIpc) is 2.33. The molecule has 0 radical (unpaired) electrons. The molecule has 0 aromatic heterocycles. The second-order valence-corrected chi connectivity index (χ2v) is 6.90. The minimum atomic E-state index is 0.321. The van der Waals surface area contributed by atoms with Gasteiger partial charge in [0.2, 0.25) is 0 Å². The summed E-state index contributed by atoms with van der Waals surface area (Å²) >= 11 is 0. The summed E-state index contributed by atoms with van der Waals surface area (Å²) in [6.07, 6.45) is 8.24. The molecule has 1 unspecified atom stereocenters. The molecule has 0 spiro atoms. The molecule has 3 heteroatoms. The first-order valence-electron chi connectivity index (χ1n) is 7.71. The lowest BCUT2D eigenvalue weighted by Gasteiger charge is -2.54. The van der Waals surface area contributed by atoms with Crippen molar-refractivity contribution in [1.29, 1.82) is 0 Å². The number of piperazine rings is 1. The molecule has 3 nitrogen and oxygen atoms in total. The van der Waals surface area contributed by atoms with Crippen LogP contribution in [-0.2, 0) is 0 Å². The monoisotopic (exact) mass is 253 g/mol. The van der Waals surface area contributed by atoms with E-state index in [1.54, 1.807) is 0 Å². The van der Waals surface area contributed by atoms with Crippen molar-refractivity contribution in [3.05, 3.63) is 0 Å². The molecule has 2 N–H and O–H groups in total. The summed E-state index contributed by atoms with van der Waals surface area (Å²) < 4.78 is 0. The van der Waals surface area contributed by atoms with Gasteiger partial charge in [0.15, 0.2) is 0 Å². The van der Waals surface area contributed by atoms with Crippen LogP contribution in [0, 0.1) is 0 Å². The highest BCUT2D eigenvalue weighted by Crippen LogP contribution is 2.32. The zero-order chi connectivity index (χ0) is 13.2. The Kier molecular flexibility index (Phi) is 4.68. The smallest absolute Gasteiger partial charge is 0.0283 e. The van der Waals surface area contributed by atoms with Crippen LogP contribution in [0.5, 0.6) is 0 Å². The van der Waals surface area contributed by atoms with Gasteiger partial charge in [0.1, 0.15) is 0 Å². The minimum absolute atomic E-state index is 0.321. The molecule has 1 saturated heterocycles. The van der Waals surface area contributed by atoms with Crippen LogP contribution >= 0.6 is 0 Å². The van der Waals surface area contributed by atoms with E-state index in [0.29, 0.717) is 11.6 Å². The van der Waals surface area contributed by atoms with Crippen molar-refractivity contribution in [3.8, 4) is 0 Å². The molecule has 0 amide bonds. The summed E-state index contributed by atoms with van der Waals surface area (Å²) in [5.41, 5.74) is 6.09. The van der Waals surface area contributed by atoms with Crippen molar-refractivity contribution in [2.45, 2.75) is 70.0 Å². The van der Waals surface area contributed by atoms with E-state index >= 15 is 0 Å². The van der Waals surface area contributed by atoms with Gasteiger partial charge in [-0.25, -0.2) is 0 Å². The lowest BCUT2D eigenvalue weighted by Crippen LogP contribution is -2.65. The number of hydrogen-bond acceptors (Lipinski definition) is 3. The number of rotatable bonds is 3. The van der Waals surface area contributed by atoms with Gasteiger partial charge in [-0.05, 0) is 46.7 Å². The first kappa shape index (κ1) is 14.3. The number of hydrogen-bond donors (Lipinski definition) is 1. The second-order valence-electron chi connectivity index (χ2n) is 6.90. The van der Waals surface area contributed by atoms with Crippen LogP contribution < -0.4 is 5.73 Å². The van der Waals surface area contributed by atoms with Gasteiger partial charge in [0, 0.05) is 30.7 Å².